The predicted molar refractivity (Wildman–Crippen MR) is 59.1 cm³/mol. The van der Waals surface area contributed by atoms with Crippen molar-refractivity contribution in [2.45, 2.75) is 57.5 Å². The molecule has 1 heteroatoms. The number of rotatable bonds is 2. The number of allylic oxidation sites excluding steroid dienone is 1. The van der Waals surface area contributed by atoms with E-state index in [0.717, 1.165) is 0 Å². The molecule has 0 aromatic rings. The van der Waals surface area contributed by atoms with E-state index in [2.05, 4.69) is 12.2 Å². The van der Waals surface area contributed by atoms with Crippen LogP contribution in [0.1, 0.15) is 51.4 Å². The lowest BCUT2D eigenvalue weighted by Gasteiger charge is -2.32. The summed E-state index contributed by atoms with van der Waals surface area (Å²) in [5, 5.41) is 10.2. The Bertz CT molecular complexity index is 191. The summed E-state index contributed by atoms with van der Waals surface area (Å²) in [4.78, 5) is 0. The first-order chi connectivity index (χ1) is 6.88. The molecule has 0 bridgehead atoms. The zero-order valence-corrected chi connectivity index (χ0v) is 8.99. The Kier molecular flexibility index (Phi) is 3.63. The summed E-state index contributed by atoms with van der Waals surface area (Å²) in [5.41, 5.74) is 0. The van der Waals surface area contributed by atoms with Gasteiger partial charge in [-0.1, -0.05) is 31.4 Å². The van der Waals surface area contributed by atoms with Gasteiger partial charge in [0, 0.05) is 5.92 Å². The van der Waals surface area contributed by atoms with Crippen LogP contribution < -0.4 is 0 Å². The molecule has 1 nitrogen and oxygen atoms in total. The van der Waals surface area contributed by atoms with Crippen LogP contribution in [0.15, 0.2) is 12.2 Å². The molecule has 2 rings (SSSR count). The Balaban J connectivity index is 1.88. The highest BCUT2D eigenvalue weighted by Gasteiger charge is 2.27. The largest absolute Gasteiger partial charge is 0.392 e. The fourth-order valence-electron chi connectivity index (χ4n) is 2.95. The molecule has 1 N–H and O–H groups in total. The number of hydrogen-bond donors (Lipinski definition) is 1. The SMILES string of the molecule is O[C@@H](C1C=CCCC1)C1CCCCC1. The van der Waals surface area contributed by atoms with E-state index < -0.39 is 0 Å². The number of hydrogen-bond acceptors (Lipinski definition) is 1. The predicted octanol–water partition coefficient (Wildman–Crippen LogP) is 3.28. The highest BCUT2D eigenvalue weighted by molar-refractivity contribution is 4.97. The molecule has 0 aliphatic heterocycles. The fraction of sp³-hybridized carbons (Fsp3) is 0.846. The minimum absolute atomic E-state index is 0.0492. The van der Waals surface area contributed by atoms with Gasteiger partial charge in [-0.2, -0.15) is 0 Å². The van der Waals surface area contributed by atoms with Crippen LogP contribution in [0.4, 0.5) is 0 Å². The van der Waals surface area contributed by atoms with E-state index in [9.17, 15) is 5.11 Å². The summed E-state index contributed by atoms with van der Waals surface area (Å²) in [6.07, 6.45) is 14.7. The maximum atomic E-state index is 10.2. The van der Waals surface area contributed by atoms with Gasteiger partial charge in [-0.05, 0) is 38.0 Å². The summed E-state index contributed by atoms with van der Waals surface area (Å²) in [7, 11) is 0. The van der Waals surface area contributed by atoms with Crippen LogP contribution in [0.2, 0.25) is 0 Å². The van der Waals surface area contributed by atoms with Crippen molar-refractivity contribution in [3.05, 3.63) is 12.2 Å². The summed E-state index contributed by atoms with van der Waals surface area (Å²) >= 11 is 0. The van der Waals surface area contributed by atoms with E-state index in [0.29, 0.717) is 11.8 Å². The van der Waals surface area contributed by atoms with Crippen molar-refractivity contribution < 1.29 is 5.11 Å². The lowest BCUT2D eigenvalue weighted by atomic mass is 9.78. The molecule has 2 atom stereocenters. The molecule has 2 aliphatic rings. The Hall–Kier alpha value is -0.300. The summed E-state index contributed by atoms with van der Waals surface area (Å²) in [6.45, 7) is 0. The molecule has 0 heterocycles. The van der Waals surface area contributed by atoms with Crippen molar-refractivity contribution in [2.75, 3.05) is 0 Å². The Morgan fingerprint density at radius 2 is 1.79 bits per heavy atom. The van der Waals surface area contributed by atoms with Gasteiger partial charge in [-0.25, -0.2) is 0 Å². The molecule has 0 saturated heterocycles. The zero-order valence-electron chi connectivity index (χ0n) is 8.99. The molecule has 1 fully saturated rings. The van der Waals surface area contributed by atoms with Gasteiger partial charge in [-0.15, -0.1) is 0 Å². The molecule has 0 aromatic heterocycles. The molecule has 14 heavy (non-hydrogen) atoms. The normalized spacial score (nSPS) is 31.6. The van der Waals surface area contributed by atoms with Gasteiger partial charge in [0.15, 0.2) is 0 Å². The van der Waals surface area contributed by atoms with Gasteiger partial charge >= 0.3 is 0 Å². The van der Waals surface area contributed by atoms with E-state index in [4.69, 9.17) is 0 Å². The minimum Gasteiger partial charge on any atom is -0.392 e. The molecule has 0 radical (unpaired) electrons. The second-order valence-electron chi connectivity index (χ2n) is 4.91. The van der Waals surface area contributed by atoms with Crippen molar-refractivity contribution in [3.8, 4) is 0 Å². The highest BCUT2D eigenvalue weighted by atomic mass is 16.3. The average molecular weight is 194 g/mol. The topological polar surface area (TPSA) is 20.2 Å². The van der Waals surface area contributed by atoms with Crippen LogP contribution in [0, 0.1) is 11.8 Å². The molecular formula is C13H22O. The standard InChI is InChI=1S/C13H22O/c14-13(11-7-3-1-4-8-11)12-9-5-2-6-10-12/h3,7,11-14H,1-2,4-6,8-10H2/t11?,13-/m0/s1. The fourth-order valence-corrected chi connectivity index (χ4v) is 2.95. The summed E-state index contributed by atoms with van der Waals surface area (Å²) in [6, 6.07) is 0. The third-order valence-corrected chi connectivity index (χ3v) is 3.86. The summed E-state index contributed by atoms with van der Waals surface area (Å²) in [5.74, 6) is 1.06. The first-order valence-corrected chi connectivity index (χ1v) is 6.22. The third kappa shape index (κ3) is 2.38. The van der Waals surface area contributed by atoms with Gasteiger partial charge in [0.2, 0.25) is 0 Å². The van der Waals surface area contributed by atoms with Crippen molar-refractivity contribution in [3.63, 3.8) is 0 Å². The van der Waals surface area contributed by atoms with E-state index in [1.165, 1.54) is 51.4 Å². The maximum Gasteiger partial charge on any atom is 0.0630 e. The summed E-state index contributed by atoms with van der Waals surface area (Å²) < 4.78 is 0. The Morgan fingerprint density at radius 1 is 1.00 bits per heavy atom. The van der Waals surface area contributed by atoms with Crippen LogP contribution in [-0.4, -0.2) is 11.2 Å². The molecule has 0 aromatic carbocycles. The van der Waals surface area contributed by atoms with Crippen molar-refractivity contribution in [1.29, 1.82) is 0 Å². The van der Waals surface area contributed by atoms with E-state index in [1.807, 2.05) is 0 Å². The molecular weight excluding hydrogens is 172 g/mol. The van der Waals surface area contributed by atoms with Crippen molar-refractivity contribution in [1.82, 2.24) is 0 Å². The highest BCUT2D eigenvalue weighted by Crippen LogP contribution is 2.32. The van der Waals surface area contributed by atoms with Crippen LogP contribution in [0.3, 0.4) is 0 Å². The van der Waals surface area contributed by atoms with Gasteiger partial charge in [-0.3, -0.25) is 0 Å². The van der Waals surface area contributed by atoms with Gasteiger partial charge in [0.25, 0.3) is 0 Å². The van der Waals surface area contributed by atoms with Crippen molar-refractivity contribution in [2.24, 2.45) is 11.8 Å². The van der Waals surface area contributed by atoms with Crippen LogP contribution in [0.25, 0.3) is 0 Å². The minimum atomic E-state index is -0.0492. The van der Waals surface area contributed by atoms with E-state index in [-0.39, 0.29) is 6.10 Å². The smallest absolute Gasteiger partial charge is 0.0630 e. The Labute approximate surface area is 87.2 Å². The van der Waals surface area contributed by atoms with Crippen LogP contribution in [0.5, 0.6) is 0 Å². The van der Waals surface area contributed by atoms with Gasteiger partial charge < -0.3 is 5.11 Å². The first-order valence-electron chi connectivity index (χ1n) is 6.22. The molecule has 1 saturated carbocycles. The first kappa shape index (κ1) is 10.2. The van der Waals surface area contributed by atoms with Gasteiger partial charge in [0.1, 0.15) is 0 Å². The molecule has 2 aliphatic carbocycles. The quantitative estimate of drug-likeness (QED) is 0.669. The average Bonchev–Trinajstić information content (AvgIpc) is 2.30. The maximum absolute atomic E-state index is 10.2. The lowest BCUT2D eigenvalue weighted by Crippen LogP contribution is -2.30. The number of aliphatic hydroxyl groups excluding tert-OH is 1. The van der Waals surface area contributed by atoms with Gasteiger partial charge in [0.05, 0.1) is 6.10 Å². The van der Waals surface area contributed by atoms with Crippen LogP contribution in [-0.2, 0) is 0 Å². The van der Waals surface area contributed by atoms with Crippen molar-refractivity contribution >= 4 is 0 Å². The van der Waals surface area contributed by atoms with Crippen LogP contribution >= 0.6 is 0 Å². The second-order valence-corrected chi connectivity index (χ2v) is 4.91. The Morgan fingerprint density at radius 3 is 2.43 bits per heavy atom. The molecule has 80 valence electrons. The number of aliphatic hydroxyl groups is 1. The molecule has 0 amide bonds. The molecule has 0 spiro atoms. The zero-order chi connectivity index (χ0) is 9.80. The third-order valence-electron chi connectivity index (χ3n) is 3.86. The van der Waals surface area contributed by atoms with E-state index >= 15 is 0 Å². The van der Waals surface area contributed by atoms with E-state index in [1.54, 1.807) is 0 Å². The second kappa shape index (κ2) is 4.97. The molecule has 1 unspecified atom stereocenters. The lowest BCUT2D eigenvalue weighted by molar-refractivity contribution is 0.0450. The monoisotopic (exact) mass is 194 g/mol.